The summed E-state index contributed by atoms with van der Waals surface area (Å²) in [4.78, 5) is 11.1. The summed E-state index contributed by atoms with van der Waals surface area (Å²) in [7, 11) is 0. The Kier molecular flexibility index (Phi) is 4.90. The van der Waals surface area contributed by atoms with Crippen LogP contribution in [-0.4, -0.2) is 27.4 Å². The van der Waals surface area contributed by atoms with Crippen molar-refractivity contribution in [1.82, 2.24) is 20.3 Å². The van der Waals surface area contributed by atoms with Crippen molar-refractivity contribution in [1.29, 1.82) is 0 Å². The largest absolute Gasteiger partial charge is 0.349 e. The molecule has 0 bridgehead atoms. The maximum atomic E-state index is 11.1. The highest BCUT2D eigenvalue weighted by Crippen LogP contribution is 2.33. The molecule has 3 N–H and O–H groups in total. The van der Waals surface area contributed by atoms with Crippen LogP contribution in [0.5, 0.6) is 0 Å². The molecule has 1 amide bonds. The fraction of sp³-hybridized carbons (Fsp3) is 0.769. The van der Waals surface area contributed by atoms with Gasteiger partial charge in [-0.1, -0.05) is 18.6 Å². The molecule has 106 valence electrons. The van der Waals surface area contributed by atoms with Gasteiger partial charge in [0.05, 0.1) is 25.3 Å². The Morgan fingerprint density at radius 3 is 2.84 bits per heavy atom. The number of nitrogens with zero attached hydrogens (tertiary/aromatic N) is 3. The molecular weight excluding hydrogens is 242 g/mol. The molecule has 1 aliphatic rings. The number of aromatic nitrogens is 3. The summed E-state index contributed by atoms with van der Waals surface area (Å²) in [5.41, 5.74) is 6.02. The van der Waals surface area contributed by atoms with Crippen molar-refractivity contribution in [2.45, 2.75) is 51.6 Å². The molecule has 0 aliphatic heterocycles. The van der Waals surface area contributed by atoms with Gasteiger partial charge in [0, 0.05) is 0 Å². The Hall–Kier alpha value is -1.43. The van der Waals surface area contributed by atoms with Gasteiger partial charge < -0.3 is 11.1 Å². The first kappa shape index (κ1) is 14.0. The minimum absolute atomic E-state index is 0.00910. The van der Waals surface area contributed by atoms with Crippen LogP contribution in [0.3, 0.4) is 0 Å². The van der Waals surface area contributed by atoms with E-state index in [9.17, 15) is 4.79 Å². The van der Waals surface area contributed by atoms with Crippen molar-refractivity contribution in [3.63, 3.8) is 0 Å². The zero-order chi connectivity index (χ0) is 13.7. The van der Waals surface area contributed by atoms with E-state index in [1.54, 1.807) is 0 Å². The van der Waals surface area contributed by atoms with Crippen LogP contribution in [0.15, 0.2) is 6.20 Å². The van der Waals surface area contributed by atoms with E-state index in [-0.39, 0.29) is 12.5 Å². The van der Waals surface area contributed by atoms with Crippen molar-refractivity contribution in [2.24, 2.45) is 11.7 Å². The number of carbonyl (C=O) groups excluding carboxylic acids is 1. The Morgan fingerprint density at radius 2 is 2.21 bits per heavy atom. The van der Waals surface area contributed by atoms with E-state index < -0.39 is 0 Å². The number of hydrogen-bond acceptors (Lipinski definition) is 4. The summed E-state index contributed by atoms with van der Waals surface area (Å²) >= 11 is 0. The zero-order valence-electron chi connectivity index (χ0n) is 11.5. The lowest BCUT2D eigenvalue weighted by Crippen LogP contribution is -2.29. The number of carbonyl (C=O) groups is 1. The molecular formula is C13H23N5O. The van der Waals surface area contributed by atoms with Gasteiger partial charge in [-0.2, -0.15) is 0 Å². The lowest BCUT2D eigenvalue weighted by Gasteiger charge is -2.27. The van der Waals surface area contributed by atoms with E-state index >= 15 is 0 Å². The van der Waals surface area contributed by atoms with Crippen molar-refractivity contribution in [3.05, 3.63) is 11.9 Å². The molecule has 6 heteroatoms. The third-order valence-electron chi connectivity index (χ3n) is 3.98. The van der Waals surface area contributed by atoms with E-state index in [0.29, 0.717) is 12.6 Å². The summed E-state index contributed by atoms with van der Waals surface area (Å²) in [6.45, 7) is 2.67. The topological polar surface area (TPSA) is 85.8 Å². The lowest BCUT2D eigenvalue weighted by molar-refractivity contribution is -0.119. The van der Waals surface area contributed by atoms with Crippen molar-refractivity contribution >= 4 is 5.91 Å². The fourth-order valence-corrected chi connectivity index (χ4v) is 2.65. The van der Waals surface area contributed by atoms with Gasteiger partial charge in [-0.05, 0) is 31.6 Å². The second-order valence-corrected chi connectivity index (χ2v) is 5.25. The number of nitrogens with two attached hydrogens (primary N) is 1. The molecule has 1 aromatic rings. The summed E-state index contributed by atoms with van der Waals surface area (Å²) in [6, 6.07) is 0.467. The smallest absolute Gasteiger partial charge is 0.234 e. The lowest BCUT2D eigenvalue weighted by atomic mass is 9.85. The molecule has 0 atom stereocenters. The zero-order valence-corrected chi connectivity index (χ0v) is 11.5. The van der Waals surface area contributed by atoms with Crippen LogP contribution in [0.25, 0.3) is 0 Å². The Morgan fingerprint density at radius 1 is 1.47 bits per heavy atom. The van der Waals surface area contributed by atoms with Crippen LogP contribution in [0.4, 0.5) is 0 Å². The average Bonchev–Trinajstić information content (AvgIpc) is 2.93. The predicted octanol–water partition coefficient (Wildman–Crippen LogP) is 0.994. The molecule has 0 aromatic carbocycles. The van der Waals surface area contributed by atoms with E-state index in [2.05, 4.69) is 22.6 Å². The molecule has 1 fully saturated rings. The van der Waals surface area contributed by atoms with Gasteiger partial charge >= 0.3 is 0 Å². The number of rotatable bonds is 5. The quantitative estimate of drug-likeness (QED) is 0.831. The molecule has 19 heavy (non-hydrogen) atoms. The van der Waals surface area contributed by atoms with E-state index in [1.165, 1.54) is 32.1 Å². The molecule has 1 aliphatic carbocycles. The Bertz CT molecular complexity index is 409. The molecule has 0 unspecified atom stereocenters. The predicted molar refractivity (Wildman–Crippen MR) is 72.2 cm³/mol. The van der Waals surface area contributed by atoms with Gasteiger partial charge in [0.15, 0.2) is 0 Å². The maximum Gasteiger partial charge on any atom is 0.234 e. The van der Waals surface area contributed by atoms with Crippen LogP contribution >= 0.6 is 0 Å². The van der Waals surface area contributed by atoms with Crippen molar-refractivity contribution in [2.75, 3.05) is 6.54 Å². The van der Waals surface area contributed by atoms with Crippen LogP contribution < -0.4 is 11.1 Å². The number of amides is 1. The summed E-state index contributed by atoms with van der Waals surface area (Å²) in [5, 5.41) is 11.0. The first-order valence-corrected chi connectivity index (χ1v) is 7.10. The van der Waals surface area contributed by atoms with Gasteiger partial charge in [0.2, 0.25) is 5.91 Å². The summed E-state index contributed by atoms with van der Waals surface area (Å²) in [5.74, 6) is 0.709. The van der Waals surface area contributed by atoms with Gasteiger partial charge in [-0.25, -0.2) is 4.68 Å². The van der Waals surface area contributed by atoms with Crippen LogP contribution in [0.2, 0.25) is 0 Å². The highest BCUT2D eigenvalue weighted by Gasteiger charge is 2.22. The molecule has 0 saturated heterocycles. The number of nitrogens with one attached hydrogen (secondary N) is 1. The van der Waals surface area contributed by atoms with E-state index in [4.69, 9.17) is 5.73 Å². The summed E-state index contributed by atoms with van der Waals surface area (Å²) in [6.07, 6.45) is 8.13. The van der Waals surface area contributed by atoms with Crippen molar-refractivity contribution in [3.8, 4) is 0 Å². The van der Waals surface area contributed by atoms with Crippen LogP contribution in [-0.2, 0) is 11.3 Å². The highest BCUT2D eigenvalue weighted by atomic mass is 16.1. The normalized spacial score (nSPS) is 23.3. The second kappa shape index (κ2) is 6.65. The van der Waals surface area contributed by atoms with Gasteiger partial charge in [0.25, 0.3) is 0 Å². The SMILES string of the molecule is CCC1CCC(n2cc(CNC(=O)CN)nn2)CC1. The molecule has 0 radical (unpaired) electrons. The first-order valence-electron chi connectivity index (χ1n) is 7.10. The van der Waals surface area contributed by atoms with Gasteiger partial charge in [-0.15, -0.1) is 5.10 Å². The summed E-state index contributed by atoms with van der Waals surface area (Å²) < 4.78 is 1.95. The molecule has 1 saturated carbocycles. The highest BCUT2D eigenvalue weighted by molar-refractivity contribution is 5.77. The van der Waals surface area contributed by atoms with Crippen LogP contribution in [0, 0.1) is 5.92 Å². The van der Waals surface area contributed by atoms with E-state index in [0.717, 1.165) is 11.6 Å². The standard InChI is InChI=1S/C13H23N5O/c1-2-10-3-5-12(6-4-10)18-9-11(16-17-18)8-15-13(19)7-14/h9-10,12H,2-8,14H2,1H3,(H,15,19). The third kappa shape index (κ3) is 3.76. The molecule has 0 spiro atoms. The Balaban J connectivity index is 1.85. The molecule has 1 aromatic heterocycles. The average molecular weight is 265 g/mol. The minimum atomic E-state index is -0.169. The van der Waals surface area contributed by atoms with Crippen molar-refractivity contribution < 1.29 is 4.79 Å². The number of hydrogen-bond donors (Lipinski definition) is 2. The molecule has 2 rings (SSSR count). The van der Waals surface area contributed by atoms with Gasteiger partial charge in [0.1, 0.15) is 5.69 Å². The molecule has 1 heterocycles. The fourth-order valence-electron chi connectivity index (χ4n) is 2.65. The monoisotopic (exact) mass is 265 g/mol. The Labute approximate surface area is 113 Å². The first-order chi connectivity index (χ1) is 9.22. The van der Waals surface area contributed by atoms with Gasteiger partial charge in [-0.3, -0.25) is 4.79 Å². The van der Waals surface area contributed by atoms with Crippen LogP contribution in [0.1, 0.15) is 50.8 Å². The molecule has 6 nitrogen and oxygen atoms in total. The third-order valence-corrected chi connectivity index (χ3v) is 3.98. The van der Waals surface area contributed by atoms with E-state index in [1.807, 2.05) is 10.9 Å². The maximum absolute atomic E-state index is 11.1. The minimum Gasteiger partial charge on any atom is -0.349 e. The second-order valence-electron chi connectivity index (χ2n) is 5.25.